The van der Waals surface area contributed by atoms with E-state index in [4.69, 9.17) is 13.9 Å². The molecular formula is C20H14F3O6-. The van der Waals surface area contributed by atoms with Crippen LogP contribution in [-0.2, 0) is 11.0 Å². The standard InChI is InChI=1S/C20H15F3O6/c1-10-4-3-5-14(11(10)2)28-18-17(26)13-7-6-12(27-9-16(24)25)8-15(13)29-19(18)20(21,22)23/h3-8H,9H2,1-2H3,(H,24,25)/p-1. The van der Waals surface area contributed by atoms with E-state index >= 15 is 0 Å². The third kappa shape index (κ3) is 4.18. The fourth-order valence-corrected chi connectivity index (χ4v) is 2.61. The molecule has 0 spiro atoms. The summed E-state index contributed by atoms with van der Waals surface area (Å²) in [7, 11) is 0. The van der Waals surface area contributed by atoms with Crippen molar-refractivity contribution in [1.82, 2.24) is 0 Å². The summed E-state index contributed by atoms with van der Waals surface area (Å²) >= 11 is 0. The Morgan fingerprint density at radius 2 is 1.90 bits per heavy atom. The van der Waals surface area contributed by atoms with Crippen molar-refractivity contribution >= 4 is 16.9 Å². The molecule has 6 nitrogen and oxygen atoms in total. The Labute approximate surface area is 162 Å². The summed E-state index contributed by atoms with van der Waals surface area (Å²) in [5.41, 5.74) is -0.0977. The Hall–Kier alpha value is -3.49. The van der Waals surface area contributed by atoms with Gasteiger partial charge >= 0.3 is 6.18 Å². The second kappa shape index (κ2) is 7.50. The van der Waals surface area contributed by atoms with Gasteiger partial charge in [-0.3, -0.25) is 4.79 Å². The average molecular weight is 407 g/mol. The number of ether oxygens (including phenoxy) is 2. The van der Waals surface area contributed by atoms with Crippen LogP contribution in [0.1, 0.15) is 16.9 Å². The maximum atomic E-state index is 13.6. The fourth-order valence-electron chi connectivity index (χ4n) is 2.61. The summed E-state index contributed by atoms with van der Waals surface area (Å²) in [6, 6.07) is 8.19. The number of hydrogen-bond acceptors (Lipinski definition) is 6. The topological polar surface area (TPSA) is 88.8 Å². The minimum Gasteiger partial charge on any atom is -0.546 e. The Balaban J connectivity index is 2.17. The average Bonchev–Trinajstić information content (AvgIpc) is 2.64. The van der Waals surface area contributed by atoms with Crippen molar-refractivity contribution in [3.05, 3.63) is 63.5 Å². The van der Waals surface area contributed by atoms with Crippen molar-refractivity contribution in [3.63, 3.8) is 0 Å². The van der Waals surface area contributed by atoms with Gasteiger partial charge in [-0.25, -0.2) is 0 Å². The number of fused-ring (bicyclic) bond motifs is 1. The zero-order valence-electron chi connectivity index (χ0n) is 15.3. The molecule has 0 saturated heterocycles. The molecule has 3 aromatic rings. The lowest BCUT2D eigenvalue weighted by Crippen LogP contribution is -2.28. The molecule has 0 N–H and O–H groups in total. The first kappa shape index (κ1) is 20.2. The zero-order chi connectivity index (χ0) is 21.3. The van der Waals surface area contributed by atoms with Gasteiger partial charge in [-0.2, -0.15) is 13.2 Å². The van der Waals surface area contributed by atoms with Gasteiger partial charge in [0.15, 0.2) is 0 Å². The van der Waals surface area contributed by atoms with Gasteiger partial charge in [0.05, 0.1) is 11.4 Å². The van der Waals surface area contributed by atoms with Crippen molar-refractivity contribution in [1.29, 1.82) is 0 Å². The highest BCUT2D eigenvalue weighted by molar-refractivity contribution is 5.80. The van der Waals surface area contributed by atoms with Gasteiger partial charge in [0.25, 0.3) is 5.76 Å². The number of carbonyl (C=O) groups excluding carboxylic acids is 1. The first-order valence-corrected chi connectivity index (χ1v) is 8.32. The van der Waals surface area contributed by atoms with E-state index < -0.39 is 41.3 Å². The summed E-state index contributed by atoms with van der Waals surface area (Å²) in [6.07, 6.45) is -5.01. The van der Waals surface area contributed by atoms with Gasteiger partial charge in [0.2, 0.25) is 11.2 Å². The minimum absolute atomic E-state index is 0.0936. The van der Waals surface area contributed by atoms with Gasteiger partial charge in [-0.15, -0.1) is 0 Å². The maximum absolute atomic E-state index is 13.6. The molecule has 2 aromatic carbocycles. The van der Waals surface area contributed by atoms with Crippen molar-refractivity contribution in [3.8, 4) is 17.2 Å². The molecule has 9 heteroatoms. The van der Waals surface area contributed by atoms with E-state index in [0.717, 1.165) is 11.6 Å². The number of halogens is 3. The van der Waals surface area contributed by atoms with Crippen LogP contribution in [0, 0.1) is 13.8 Å². The SMILES string of the molecule is Cc1cccc(Oc2c(C(F)(F)F)oc3cc(OCC(=O)[O-])ccc3c2=O)c1C. The molecule has 0 saturated carbocycles. The maximum Gasteiger partial charge on any atom is 0.453 e. The highest BCUT2D eigenvalue weighted by Gasteiger charge is 2.40. The molecule has 3 rings (SSSR count). The van der Waals surface area contributed by atoms with Gasteiger partial charge in [-0.1, -0.05) is 12.1 Å². The van der Waals surface area contributed by atoms with E-state index in [1.807, 2.05) is 0 Å². The molecule has 0 radical (unpaired) electrons. The van der Waals surface area contributed by atoms with E-state index in [1.165, 1.54) is 18.2 Å². The first-order valence-electron chi connectivity index (χ1n) is 8.32. The van der Waals surface area contributed by atoms with Gasteiger partial charge in [0, 0.05) is 6.07 Å². The normalized spacial score (nSPS) is 11.5. The van der Waals surface area contributed by atoms with Crippen molar-refractivity contribution in [2.24, 2.45) is 0 Å². The lowest BCUT2D eigenvalue weighted by atomic mass is 10.1. The summed E-state index contributed by atoms with van der Waals surface area (Å²) in [5.74, 6) is -4.10. The van der Waals surface area contributed by atoms with Crippen LogP contribution in [-0.4, -0.2) is 12.6 Å². The van der Waals surface area contributed by atoms with Crippen molar-refractivity contribution < 1.29 is 37.0 Å². The molecule has 0 bridgehead atoms. The molecule has 29 heavy (non-hydrogen) atoms. The number of alkyl halides is 3. The summed E-state index contributed by atoms with van der Waals surface area (Å²) in [6.45, 7) is 2.60. The molecule has 0 amide bonds. The highest BCUT2D eigenvalue weighted by atomic mass is 19.4. The molecule has 0 fully saturated rings. The van der Waals surface area contributed by atoms with Crippen molar-refractivity contribution in [2.75, 3.05) is 6.61 Å². The van der Waals surface area contributed by atoms with Crippen LogP contribution in [0.3, 0.4) is 0 Å². The summed E-state index contributed by atoms with van der Waals surface area (Å²) < 4.78 is 55.8. The quantitative estimate of drug-likeness (QED) is 0.645. The fraction of sp³-hybridized carbons (Fsp3) is 0.200. The number of carbonyl (C=O) groups is 1. The van der Waals surface area contributed by atoms with Crippen LogP contribution < -0.4 is 20.0 Å². The summed E-state index contributed by atoms with van der Waals surface area (Å²) in [5, 5.41) is 10.3. The van der Waals surface area contributed by atoms with E-state index in [0.29, 0.717) is 5.56 Å². The lowest BCUT2D eigenvalue weighted by molar-refractivity contribution is -0.307. The van der Waals surface area contributed by atoms with E-state index in [9.17, 15) is 27.9 Å². The molecule has 0 aliphatic carbocycles. The third-order valence-electron chi connectivity index (χ3n) is 4.20. The Morgan fingerprint density at radius 1 is 1.17 bits per heavy atom. The molecule has 0 unspecified atom stereocenters. The van der Waals surface area contributed by atoms with E-state index in [1.54, 1.807) is 26.0 Å². The minimum atomic E-state index is -5.01. The Kier molecular flexibility index (Phi) is 5.23. The molecule has 0 atom stereocenters. The van der Waals surface area contributed by atoms with Crippen LogP contribution in [0.2, 0.25) is 0 Å². The largest absolute Gasteiger partial charge is 0.546 e. The second-order valence-electron chi connectivity index (χ2n) is 6.21. The number of carboxylic acid groups (broad SMARTS) is 1. The Bertz CT molecular complexity index is 1150. The second-order valence-corrected chi connectivity index (χ2v) is 6.21. The molecule has 152 valence electrons. The lowest BCUT2D eigenvalue weighted by Gasteiger charge is -2.15. The number of hydrogen-bond donors (Lipinski definition) is 0. The molecule has 1 aromatic heterocycles. The first-order chi connectivity index (χ1) is 13.6. The number of rotatable bonds is 5. The predicted octanol–water partition coefficient (Wildman–Crippen LogP) is 3.35. The number of aryl methyl sites for hydroxylation is 1. The van der Waals surface area contributed by atoms with Gasteiger partial charge < -0.3 is 23.8 Å². The van der Waals surface area contributed by atoms with Crippen LogP contribution in [0.25, 0.3) is 11.0 Å². The monoisotopic (exact) mass is 407 g/mol. The van der Waals surface area contributed by atoms with Gasteiger partial charge in [0.1, 0.15) is 23.7 Å². The van der Waals surface area contributed by atoms with Crippen LogP contribution in [0.15, 0.2) is 45.6 Å². The van der Waals surface area contributed by atoms with Crippen LogP contribution in [0.5, 0.6) is 17.2 Å². The number of aliphatic carboxylic acids is 1. The number of carboxylic acids is 1. The molecule has 0 aliphatic rings. The zero-order valence-corrected chi connectivity index (χ0v) is 15.3. The molecule has 1 heterocycles. The number of benzene rings is 2. The van der Waals surface area contributed by atoms with Gasteiger partial charge in [-0.05, 0) is 43.2 Å². The predicted molar refractivity (Wildman–Crippen MR) is 94.0 cm³/mol. The van der Waals surface area contributed by atoms with Crippen molar-refractivity contribution in [2.45, 2.75) is 20.0 Å². The smallest absolute Gasteiger partial charge is 0.453 e. The van der Waals surface area contributed by atoms with Crippen LogP contribution in [0.4, 0.5) is 13.2 Å². The highest BCUT2D eigenvalue weighted by Crippen LogP contribution is 2.39. The molecular weight excluding hydrogens is 393 g/mol. The van der Waals surface area contributed by atoms with Crippen LogP contribution >= 0.6 is 0 Å². The summed E-state index contributed by atoms with van der Waals surface area (Å²) in [4.78, 5) is 23.2. The molecule has 0 aliphatic heterocycles. The van der Waals surface area contributed by atoms with E-state index in [2.05, 4.69) is 0 Å². The third-order valence-corrected chi connectivity index (χ3v) is 4.20. The van der Waals surface area contributed by atoms with E-state index in [-0.39, 0.29) is 16.9 Å². The Morgan fingerprint density at radius 3 is 2.55 bits per heavy atom.